The Labute approximate surface area is 167 Å². The minimum absolute atomic E-state index is 0.205. The van der Waals surface area contributed by atoms with Crippen molar-refractivity contribution in [2.24, 2.45) is 5.92 Å². The molecule has 148 valence electrons. The van der Waals surface area contributed by atoms with Crippen LogP contribution in [0.2, 0.25) is 0 Å². The van der Waals surface area contributed by atoms with E-state index in [1.807, 2.05) is 55.5 Å². The van der Waals surface area contributed by atoms with Crippen LogP contribution in [-0.2, 0) is 16.0 Å². The lowest BCUT2D eigenvalue weighted by molar-refractivity contribution is -0.123. The van der Waals surface area contributed by atoms with E-state index in [4.69, 9.17) is 0 Å². The maximum absolute atomic E-state index is 12.2. The fraction of sp³-hybridized carbons (Fsp3) is 0.391. The van der Waals surface area contributed by atoms with Gasteiger partial charge in [-0.15, -0.1) is 0 Å². The van der Waals surface area contributed by atoms with Crippen LogP contribution in [0.5, 0.6) is 0 Å². The molecule has 28 heavy (non-hydrogen) atoms. The molecule has 0 unspecified atom stereocenters. The highest BCUT2D eigenvalue weighted by atomic mass is 16.2. The van der Waals surface area contributed by atoms with Crippen molar-refractivity contribution in [2.75, 3.05) is 28.6 Å². The van der Waals surface area contributed by atoms with Crippen LogP contribution < -0.4 is 15.5 Å². The molecule has 1 saturated heterocycles. The normalized spacial score (nSPS) is 14.6. The number of aryl methyl sites for hydroxylation is 1. The predicted octanol–water partition coefficient (Wildman–Crippen LogP) is 4.45. The molecule has 2 aromatic carbocycles. The van der Waals surface area contributed by atoms with Crippen molar-refractivity contribution in [3.8, 4) is 0 Å². The lowest BCUT2D eigenvalue weighted by Crippen LogP contribution is -2.32. The lowest BCUT2D eigenvalue weighted by Gasteiger charge is -2.32. The molecule has 2 aromatic rings. The molecule has 0 saturated carbocycles. The third kappa shape index (κ3) is 5.35. The Balaban J connectivity index is 1.51. The van der Waals surface area contributed by atoms with Crippen molar-refractivity contribution < 1.29 is 9.59 Å². The molecule has 2 N–H and O–H groups in total. The summed E-state index contributed by atoms with van der Waals surface area (Å²) in [5.74, 6) is 0.175. The van der Waals surface area contributed by atoms with Crippen LogP contribution in [-0.4, -0.2) is 24.9 Å². The highest BCUT2D eigenvalue weighted by molar-refractivity contribution is 6.08. The fourth-order valence-electron chi connectivity index (χ4n) is 3.52. The number of carbonyl (C=O) groups is 2. The molecule has 0 bridgehead atoms. The summed E-state index contributed by atoms with van der Waals surface area (Å²) in [6, 6.07) is 15.5. The Morgan fingerprint density at radius 3 is 2.29 bits per heavy atom. The summed E-state index contributed by atoms with van der Waals surface area (Å²) >= 11 is 0. The molecule has 0 aliphatic carbocycles. The first-order valence-corrected chi connectivity index (χ1v) is 10.1. The van der Waals surface area contributed by atoms with Gasteiger partial charge >= 0.3 is 0 Å². The van der Waals surface area contributed by atoms with Crippen molar-refractivity contribution >= 4 is 28.9 Å². The van der Waals surface area contributed by atoms with E-state index in [9.17, 15) is 9.59 Å². The smallest absolute Gasteiger partial charge is 0.233 e. The summed E-state index contributed by atoms with van der Waals surface area (Å²) < 4.78 is 0. The van der Waals surface area contributed by atoms with Gasteiger partial charge in [0, 0.05) is 30.2 Å². The number of rotatable bonds is 6. The maximum atomic E-state index is 12.2. The molecule has 1 aliphatic rings. The van der Waals surface area contributed by atoms with E-state index in [2.05, 4.69) is 22.5 Å². The zero-order valence-corrected chi connectivity index (χ0v) is 16.7. The fourth-order valence-corrected chi connectivity index (χ4v) is 3.52. The Bertz CT molecular complexity index is 809. The molecule has 1 heterocycles. The van der Waals surface area contributed by atoms with Gasteiger partial charge in [-0.2, -0.15) is 0 Å². The largest absolute Gasteiger partial charge is 0.372 e. The summed E-state index contributed by atoms with van der Waals surface area (Å²) in [5, 5.41) is 5.63. The van der Waals surface area contributed by atoms with Crippen molar-refractivity contribution in [1.29, 1.82) is 0 Å². The maximum Gasteiger partial charge on any atom is 0.233 e. The average Bonchev–Trinajstić information content (AvgIpc) is 2.69. The number of para-hydroxylation sites is 1. The van der Waals surface area contributed by atoms with Gasteiger partial charge in [-0.1, -0.05) is 32.0 Å². The Hall–Kier alpha value is -2.82. The first-order valence-electron chi connectivity index (χ1n) is 10.1. The van der Waals surface area contributed by atoms with Crippen LogP contribution in [0.25, 0.3) is 0 Å². The molecule has 0 spiro atoms. The molecule has 3 rings (SSSR count). The van der Waals surface area contributed by atoms with Crippen LogP contribution in [0.4, 0.5) is 17.1 Å². The van der Waals surface area contributed by atoms with Gasteiger partial charge in [0.2, 0.25) is 11.8 Å². The summed E-state index contributed by atoms with van der Waals surface area (Å²) in [7, 11) is 0. The van der Waals surface area contributed by atoms with Gasteiger partial charge in [0.05, 0.1) is 0 Å². The second-order valence-corrected chi connectivity index (χ2v) is 7.50. The predicted molar refractivity (Wildman–Crippen MR) is 115 cm³/mol. The highest BCUT2D eigenvalue weighted by Crippen LogP contribution is 2.24. The van der Waals surface area contributed by atoms with E-state index >= 15 is 0 Å². The number of nitrogens with zero attached hydrogens (tertiary/aromatic N) is 1. The van der Waals surface area contributed by atoms with Crippen molar-refractivity contribution in [3.05, 3.63) is 54.1 Å². The van der Waals surface area contributed by atoms with Gasteiger partial charge in [0.15, 0.2) is 0 Å². The number of benzene rings is 2. The molecule has 1 aliphatic heterocycles. The zero-order chi connectivity index (χ0) is 19.9. The van der Waals surface area contributed by atoms with Crippen molar-refractivity contribution in [1.82, 2.24) is 0 Å². The second-order valence-electron chi connectivity index (χ2n) is 7.50. The quantitative estimate of drug-likeness (QED) is 0.729. The highest BCUT2D eigenvalue weighted by Gasteiger charge is 2.16. The summed E-state index contributed by atoms with van der Waals surface area (Å²) in [5.41, 5.74) is 3.71. The van der Waals surface area contributed by atoms with E-state index in [1.54, 1.807) is 0 Å². The zero-order valence-electron chi connectivity index (χ0n) is 16.7. The number of amides is 2. The molecule has 0 aromatic heterocycles. The Kier molecular flexibility index (Phi) is 6.69. The number of hydrogen-bond acceptors (Lipinski definition) is 3. The molecule has 0 atom stereocenters. The van der Waals surface area contributed by atoms with Crippen LogP contribution in [0.15, 0.2) is 48.5 Å². The van der Waals surface area contributed by atoms with E-state index in [1.165, 1.54) is 18.5 Å². The number of anilines is 3. The number of nitrogens with one attached hydrogen (secondary N) is 2. The van der Waals surface area contributed by atoms with Gasteiger partial charge in [-0.05, 0) is 61.1 Å². The molecule has 5 nitrogen and oxygen atoms in total. The molecule has 5 heteroatoms. The standard InChI is InChI=1S/C23H29N3O2/c1-3-18-6-4-5-7-21(18)25-23(28)16-22(27)24-19-8-10-20(11-9-19)26-14-12-17(2)13-15-26/h4-11,17H,3,12-16H2,1-2H3,(H,24,27)(H,25,28). The second kappa shape index (κ2) is 9.40. The summed E-state index contributed by atoms with van der Waals surface area (Å²) in [4.78, 5) is 26.8. The third-order valence-corrected chi connectivity index (χ3v) is 5.29. The van der Waals surface area contributed by atoms with E-state index < -0.39 is 0 Å². The molecular formula is C23H29N3O2. The summed E-state index contributed by atoms with van der Waals surface area (Å²) in [6.07, 6.45) is 3.05. The minimum Gasteiger partial charge on any atom is -0.372 e. The lowest BCUT2D eigenvalue weighted by atomic mass is 9.99. The molecule has 2 amide bonds. The topological polar surface area (TPSA) is 61.4 Å². The molecular weight excluding hydrogens is 350 g/mol. The molecule has 0 radical (unpaired) electrons. The van der Waals surface area contributed by atoms with Crippen LogP contribution >= 0.6 is 0 Å². The van der Waals surface area contributed by atoms with Gasteiger partial charge < -0.3 is 15.5 Å². The van der Waals surface area contributed by atoms with Gasteiger partial charge in [-0.25, -0.2) is 0 Å². The summed E-state index contributed by atoms with van der Waals surface area (Å²) in [6.45, 7) is 6.48. The average molecular weight is 380 g/mol. The number of carbonyl (C=O) groups excluding carboxylic acids is 2. The Morgan fingerprint density at radius 2 is 1.61 bits per heavy atom. The van der Waals surface area contributed by atoms with E-state index in [0.717, 1.165) is 36.7 Å². The number of hydrogen-bond donors (Lipinski definition) is 2. The van der Waals surface area contributed by atoms with Gasteiger partial charge in [-0.3, -0.25) is 9.59 Å². The Morgan fingerprint density at radius 1 is 0.964 bits per heavy atom. The van der Waals surface area contributed by atoms with Gasteiger partial charge in [0.25, 0.3) is 0 Å². The van der Waals surface area contributed by atoms with Crippen molar-refractivity contribution in [2.45, 2.75) is 39.5 Å². The molecule has 1 fully saturated rings. The minimum atomic E-state index is -0.314. The number of piperidine rings is 1. The van der Waals surface area contributed by atoms with Crippen LogP contribution in [0.1, 0.15) is 38.7 Å². The first kappa shape index (κ1) is 19.9. The van der Waals surface area contributed by atoms with E-state index in [0.29, 0.717) is 5.69 Å². The monoisotopic (exact) mass is 379 g/mol. The van der Waals surface area contributed by atoms with Crippen LogP contribution in [0.3, 0.4) is 0 Å². The SMILES string of the molecule is CCc1ccccc1NC(=O)CC(=O)Nc1ccc(N2CCC(C)CC2)cc1. The first-order chi connectivity index (χ1) is 13.5. The third-order valence-electron chi connectivity index (χ3n) is 5.29. The van der Waals surface area contributed by atoms with E-state index in [-0.39, 0.29) is 18.2 Å². The van der Waals surface area contributed by atoms with Crippen LogP contribution in [0, 0.1) is 5.92 Å². The van der Waals surface area contributed by atoms with Gasteiger partial charge in [0.1, 0.15) is 6.42 Å². The van der Waals surface area contributed by atoms with Crippen molar-refractivity contribution in [3.63, 3.8) is 0 Å².